The quantitative estimate of drug-likeness (QED) is 0.605. The van der Waals surface area contributed by atoms with Crippen LogP contribution in [0.1, 0.15) is 23.0 Å². The first kappa shape index (κ1) is 16.0. The maximum absolute atomic E-state index is 12.9. The summed E-state index contributed by atoms with van der Waals surface area (Å²) in [5, 5.41) is 15.8. The van der Waals surface area contributed by atoms with Gasteiger partial charge in [0.05, 0.1) is 28.5 Å². The molecular formula is C17H17N7O2. The normalized spacial score (nSPS) is 11.2. The van der Waals surface area contributed by atoms with Gasteiger partial charge in [-0.2, -0.15) is 10.2 Å². The van der Waals surface area contributed by atoms with E-state index in [4.69, 9.17) is 4.52 Å². The van der Waals surface area contributed by atoms with Crippen molar-refractivity contribution >= 4 is 22.8 Å². The van der Waals surface area contributed by atoms with Crippen LogP contribution in [0.25, 0.3) is 22.4 Å². The van der Waals surface area contributed by atoms with E-state index in [1.807, 2.05) is 26.4 Å². The lowest BCUT2D eigenvalue weighted by atomic mass is 10.1. The van der Waals surface area contributed by atoms with Crippen molar-refractivity contribution in [2.24, 2.45) is 7.05 Å². The van der Waals surface area contributed by atoms with Crippen LogP contribution in [-0.4, -0.2) is 35.6 Å². The molecule has 1 amide bonds. The van der Waals surface area contributed by atoms with Crippen LogP contribution >= 0.6 is 0 Å². The van der Waals surface area contributed by atoms with Gasteiger partial charge in [0.25, 0.3) is 11.6 Å². The fraction of sp³-hybridized carbons (Fsp3) is 0.235. The Morgan fingerprint density at radius 1 is 1.38 bits per heavy atom. The number of rotatable bonds is 4. The van der Waals surface area contributed by atoms with Gasteiger partial charge in [0.1, 0.15) is 0 Å². The average Bonchev–Trinajstić information content (AvgIpc) is 3.35. The number of hydrogen-bond donors (Lipinski definition) is 1. The van der Waals surface area contributed by atoms with Gasteiger partial charge in [-0.05, 0) is 19.9 Å². The molecule has 4 heterocycles. The molecule has 0 fully saturated rings. The van der Waals surface area contributed by atoms with Crippen molar-refractivity contribution in [3.63, 3.8) is 0 Å². The van der Waals surface area contributed by atoms with Gasteiger partial charge in [0.2, 0.25) is 0 Å². The van der Waals surface area contributed by atoms with Gasteiger partial charge in [-0.1, -0.05) is 5.16 Å². The predicted octanol–water partition coefficient (Wildman–Crippen LogP) is 2.40. The molecule has 0 radical (unpaired) electrons. The predicted molar refractivity (Wildman–Crippen MR) is 94.6 cm³/mol. The number of amides is 1. The van der Waals surface area contributed by atoms with Crippen LogP contribution in [-0.2, 0) is 13.6 Å². The summed E-state index contributed by atoms with van der Waals surface area (Å²) in [5.74, 6) is 0.189. The number of anilines is 1. The summed E-state index contributed by atoms with van der Waals surface area (Å²) in [7, 11) is 1.82. The van der Waals surface area contributed by atoms with E-state index in [1.54, 1.807) is 34.6 Å². The van der Waals surface area contributed by atoms with E-state index in [1.165, 1.54) is 0 Å². The van der Waals surface area contributed by atoms with Crippen molar-refractivity contribution in [2.75, 3.05) is 5.32 Å². The van der Waals surface area contributed by atoms with E-state index in [0.29, 0.717) is 33.9 Å². The molecular weight excluding hydrogens is 334 g/mol. The highest BCUT2D eigenvalue weighted by Gasteiger charge is 2.20. The summed E-state index contributed by atoms with van der Waals surface area (Å²) >= 11 is 0. The number of nitrogens with zero attached hydrogens (tertiary/aromatic N) is 6. The zero-order chi connectivity index (χ0) is 18.3. The number of pyridine rings is 1. The summed E-state index contributed by atoms with van der Waals surface area (Å²) in [6, 6.07) is 3.47. The fourth-order valence-corrected chi connectivity index (χ4v) is 2.76. The Bertz CT molecular complexity index is 1110. The summed E-state index contributed by atoms with van der Waals surface area (Å²) < 4.78 is 8.70. The molecule has 4 aromatic heterocycles. The van der Waals surface area contributed by atoms with Gasteiger partial charge in [0, 0.05) is 37.6 Å². The Labute approximate surface area is 148 Å². The van der Waals surface area contributed by atoms with Crippen LogP contribution in [0.5, 0.6) is 0 Å². The number of fused-ring (bicyclic) bond motifs is 1. The molecule has 0 spiro atoms. The molecule has 9 heteroatoms. The zero-order valence-electron chi connectivity index (χ0n) is 14.6. The zero-order valence-corrected chi connectivity index (χ0v) is 14.6. The molecule has 26 heavy (non-hydrogen) atoms. The smallest absolute Gasteiger partial charge is 0.259 e. The Morgan fingerprint density at radius 2 is 2.23 bits per heavy atom. The molecule has 0 aromatic carbocycles. The Hall–Kier alpha value is -3.49. The van der Waals surface area contributed by atoms with Gasteiger partial charge in [-0.25, -0.2) is 4.98 Å². The van der Waals surface area contributed by atoms with E-state index in [9.17, 15) is 4.79 Å². The number of aromatic nitrogens is 6. The van der Waals surface area contributed by atoms with E-state index in [0.717, 1.165) is 12.1 Å². The second-order valence-electron chi connectivity index (χ2n) is 5.92. The summed E-state index contributed by atoms with van der Waals surface area (Å²) in [6.45, 7) is 4.48. The second-order valence-corrected chi connectivity index (χ2v) is 5.92. The highest BCUT2D eigenvalue weighted by molar-refractivity contribution is 6.12. The maximum atomic E-state index is 12.9. The first-order valence-electron chi connectivity index (χ1n) is 8.16. The number of nitrogens with one attached hydrogen (secondary N) is 1. The van der Waals surface area contributed by atoms with Crippen molar-refractivity contribution in [3.8, 4) is 11.3 Å². The van der Waals surface area contributed by atoms with Gasteiger partial charge < -0.3 is 9.84 Å². The number of carbonyl (C=O) groups is 1. The minimum atomic E-state index is -0.296. The van der Waals surface area contributed by atoms with Crippen LogP contribution in [0.15, 0.2) is 35.2 Å². The van der Waals surface area contributed by atoms with Crippen LogP contribution in [0.4, 0.5) is 5.82 Å². The van der Waals surface area contributed by atoms with E-state index in [2.05, 4.69) is 25.7 Å². The van der Waals surface area contributed by atoms with Gasteiger partial charge in [-0.15, -0.1) is 0 Å². The highest BCUT2D eigenvalue weighted by atomic mass is 16.5. The Morgan fingerprint density at radius 3 is 2.92 bits per heavy atom. The second kappa shape index (κ2) is 6.10. The third kappa shape index (κ3) is 2.73. The molecule has 0 aliphatic carbocycles. The van der Waals surface area contributed by atoms with Crippen molar-refractivity contribution in [1.29, 1.82) is 0 Å². The molecule has 9 nitrogen and oxygen atoms in total. The molecule has 4 rings (SSSR count). The van der Waals surface area contributed by atoms with Crippen LogP contribution in [0, 0.1) is 6.92 Å². The summed E-state index contributed by atoms with van der Waals surface area (Å²) in [6.07, 6.45) is 5.31. The largest absolute Gasteiger partial charge is 0.335 e. The third-order valence-corrected chi connectivity index (χ3v) is 4.07. The van der Waals surface area contributed by atoms with Crippen molar-refractivity contribution in [1.82, 2.24) is 29.7 Å². The lowest BCUT2D eigenvalue weighted by Crippen LogP contribution is -2.14. The summed E-state index contributed by atoms with van der Waals surface area (Å²) in [5.41, 5.74) is 2.72. The van der Waals surface area contributed by atoms with Gasteiger partial charge in [-0.3, -0.25) is 14.2 Å². The molecule has 0 atom stereocenters. The molecule has 0 saturated heterocycles. The number of carbonyl (C=O) groups excluding carboxylic acids is 1. The standard InChI is InChI=1S/C17H17N7O2/c1-4-24-6-5-14(21-24)20-16(25)12-7-13(11-8-18-23(3)9-11)19-17-15(12)10(2)22-26-17/h5-9H,4H2,1-3H3,(H,20,21,25). The van der Waals surface area contributed by atoms with Crippen LogP contribution in [0.3, 0.4) is 0 Å². The van der Waals surface area contributed by atoms with Crippen molar-refractivity contribution < 1.29 is 9.32 Å². The van der Waals surface area contributed by atoms with Crippen molar-refractivity contribution in [2.45, 2.75) is 20.4 Å². The van der Waals surface area contributed by atoms with E-state index >= 15 is 0 Å². The lowest BCUT2D eigenvalue weighted by molar-refractivity contribution is 0.102. The number of aryl methyl sites for hydroxylation is 3. The molecule has 0 aliphatic heterocycles. The molecule has 1 N–H and O–H groups in total. The fourth-order valence-electron chi connectivity index (χ4n) is 2.76. The van der Waals surface area contributed by atoms with E-state index < -0.39 is 0 Å². The minimum Gasteiger partial charge on any atom is -0.335 e. The minimum absolute atomic E-state index is 0.296. The van der Waals surface area contributed by atoms with Crippen LogP contribution < -0.4 is 5.32 Å². The molecule has 0 aliphatic rings. The van der Waals surface area contributed by atoms with Crippen LogP contribution in [0.2, 0.25) is 0 Å². The van der Waals surface area contributed by atoms with Gasteiger partial charge >= 0.3 is 0 Å². The van der Waals surface area contributed by atoms with Gasteiger partial charge in [0.15, 0.2) is 5.82 Å². The molecule has 0 saturated carbocycles. The molecule has 0 unspecified atom stereocenters. The maximum Gasteiger partial charge on any atom is 0.259 e. The lowest BCUT2D eigenvalue weighted by Gasteiger charge is -2.06. The topological polar surface area (TPSA) is 104 Å². The first-order valence-corrected chi connectivity index (χ1v) is 8.16. The Balaban J connectivity index is 1.78. The summed E-state index contributed by atoms with van der Waals surface area (Å²) in [4.78, 5) is 17.4. The average molecular weight is 351 g/mol. The van der Waals surface area contributed by atoms with Crippen molar-refractivity contribution in [3.05, 3.63) is 42.0 Å². The molecule has 132 valence electrons. The first-order chi connectivity index (χ1) is 12.5. The monoisotopic (exact) mass is 351 g/mol. The third-order valence-electron chi connectivity index (χ3n) is 4.07. The Kier molecular flexibility index (Phi) is 3.76. The highest BCUT2D eigenvalue weighted by Crippen LogP contribution is 2.27. The van der Waals surface area contributed by atoms with E-state index in [-0.39, 0.29) is 5.91 Å². The number of hydrogen-bond acceptors (Lipinski definition) is 6. The SMILES string of the molecule is CCn1ccc(NC(=O)c2cc(-c3cnn(C)c3)nc3onc(C)c23)n1. The molecule has 4 aromatic rings. The molecule has 0 bridgehead atoms.